The lowest BCUT2D eigenvalue weighted by atomic mass is 9.23. The summed E-state index contributed by atoms with van der Waals surface area (Å²) in [6, 6.07) is 68.1. The Morgan fingerprint density at radius 1 is 0.426 bits per heavy atom. The van der Waals surface area contributed by atoms with Crippen molar-refractivity contribution >= 4 is 93.7 Å². The third-order valence-corrected chi connectivity index (χ3v) is 13.4. The molecule has 9 aromatic carbocycles. The van der Waals surface area contributed by atoms with E-state index in [-0.39, 0.29) is 10.3 Å². The van der Waals surface area contributed by atoms with Crippen LogP contribution in [0, 0.1) is 0 Å². The first-order chi connectivity index (χ1) is 29.7. The van der Waals surface area contributed by atoms with Crippen LogP contribution in [0.15, 0.2) is 192 Å². The lowest BCUT2D eigenvalue weighted by Crippen LogP contribution is -2.45. The quantitative estimate of drug-likeness (QED) is 0.119. The average Bonchev–Trinajstić information content (AvgIpc) is 3.88. The van der Waals surface area contributed by atoms with Gasteiger partial charge < -0.3 is 4.42 Å². The molecule has 8 heteroatoms. The van der Waals surface area contributed by atoms with Gasteiger partial charge in [0, 0.05) is 16.3 Å². The molecule has 0 spiro atoms. The third kappa shape index (κ3) is 5.91. The Morgan fingerprint density at radius 2 is 1.02 bits per heavy atom. The fourth-order valence-corrected chi connectivity index (χ4v) is 9.33. The van der Waals surface area contributed by atoms with E-state index >= 15 is 0 Å². The van der Waals surface area contributed by atoms with Gasteiger partial charge in [-0.1, -0.05) is 152 Å². The molecule has 3 nitrogen and oxygen atoms in total. The first-order valence-corrected chi connectivity index (χ1v) is 21.3. The van der Waals surface area contributed by atoms with E-state index in [1.807, 2.05) is 6.07 Å². The van der Waals surface area contributed by atoms with Crippen molar-refractivity contribution in [3.05, 3.63) is 194 Å². The molecule has 0 aliphatic carbocycles. The van der Waals surface area contributed by atoms with Crippen LogP contribution in [-0.4, -0.2) is 48.8 Å². The van der Waals surface area contributed by atoms with Gasteiger partial charge in [-0.05, 0) is 102 Å². The van der Waals surface area contributed by atoms with Crippen LogP contribution in [0.1, 0.15) is 5.82 Å². The highest BCUT2D eigenvalue weighted by atomic mass is 16.3. The van der Waals surface area contributed by atoms with E-state index in [0.717, 1.165) is 50.0 Å². The highest BCUT2D eigenvalue weighted by molar-refractivity contribution is 6.67. The molecule has 0 radical (unpaired) electrons. The zero-order valence-corrected chi connectivity index (χ0v) is 35.2. The Labute approximate surface area is 360 Å². The minimum Gasteiger partial charge on any atom is -0.456 e. The summed E-state index contributed by atoms with van der Waals surface area (Å²) in [4.78, 5) is 5.31. The van der Waals surface area contributed by atoms with Crippen molar-refractivity contribution in [2.75, 3.05) is 0 Å². The van der Waals surface area contributed by atoms with Crippen LogP contribution >= 0.6 is 0 Å². The summed E-state index contributed by atoms with van der Waals surface area (Å²) in [5.74, 6) is 1.07. The number of furan rings is 1. The van der Waals surface area contributed by atoms with Gasteiger partial charge >= 0.3 is 0 Å². The topological polar surface area (TPSA) is 31.0 Å². The molecule has 2 heterocycles. The van der Waals surface area contributed by atoms with Crippen molar-refractivity contribution < 1.29 is 4.42 Å². The Balaban J connectivity index is 1.14. The van der Waals surface area contributed by atoms with Gasteiger partial charge in [0.25, 0.3) is 0 Å². The Hall–Kier alpha value is -6.91. The Morgan fingerprint density at radius 3 is 1.80 bits per heavy atom. The predicted octanol–water partition coefficient (Wildman–Crippen LogP) is 9.29. The summed E-state index contributed by atoms with van der Waals surface area (Å²) in [6.07, 6.45) is 0. The zero-order chi connectivity index (χ0) is 41.5. The molecule has 61 heavy (non-hydrogen) atoms. The molecule has 0 aliphatic heterocycles. The maximum atomic E-state index is 6.46. The number of imidazole rings is 1. The van der Waals surface area contributed by atoms with Gasteiger partial charge in [0.2, 0.25) is 0 Å². The van der Waals surface area contributed by atoms with Crippen molar-refractivity contribution in [3.8, 4) is 50.2 Å². The van der Waals surface area contributed by atoms with Crippen LogP contribution in [0.25, 0.3) is 105 Å². The molecule has 0 unspecified atom stereocenters. The summed E-state index contributed by atoms with van der Waals surface area (Å²) >= 11 is 0. The zero-order valence-electron chi connectivity index (χ0n) is 35.2. The second-order valence-electron chi connectivity index (χ2n) is 17.9. The van der Waals surface area contributed by atoms with Gasteiger partial charge in [0.1, 0.15) is 32.7 Å². The molecule has 0 amide bonds. The van der Waals surface area contributed by atoms with Crippen molar-refractivity contribution in [2.45, 2.75) is 10.3 Å². The molecule has 2 aromatic heterocycles. The summed E-state index contributed by atoms with van der Waals surface area (Å²) in [6.45, 7) is 0. The van der Waals surface area contributed by atoms with Crippen molar-refractivity contribution in [1.82, 2.24) is 9.55 Å². The second kappa shape index (κ2) is 14.1. The third-order valence-electron chi connectivity index (χ3n) is 13.4. The number of nitrogens with zero attached hydrogens (tertiary/aromatic N) is 2. The van der Waals surface area contributed by atoms with Gasteiger partial charge in [-0.15, -0.1) is 5.11 Å². The van der Waals surface area contributed by atoms with E-state index in [4.69, 9.17) is 9.40 Å². The average molecular weight is 776 g/mol. The summed E-state index contributed by atoms with van der Waals surface area (Å²) in [7, 11) is 11.6. The number of hydrogen-bond donors (Lipinski definition) is 0. The first-order valence-electron chi connectivity index (χ1n) is 21.3. The molecule has 0 saturated carbocycles. The highest BCUT2D eigenvalue weighted by Gasteiger charge is 2.38. The molecule has 0 bridgehead atoms. The molecular weight excluding hydrogens is 735 g/mol. The van der Waals surface area contributed by atoms with E-state index in [0.29, 0.717) is 0 Å². The molecule has 0 aliphatic rings. The molecular formula is C53H41B5N2O. The molecule has 0 atom stereocenters. The smallest absolute Gasteiger partial charge is 0.136 e. The van der Waals surface area contributed by atoms with Gasteiger partial charge in [-0.2, -0.15) is 0 Å². The number of fused-ring (bicyclic) bond motifs is 6. The number of rotatable bonds is 7. The molecule has 284 valence electrons. The molecule has 0 saturated heterocycles. The normalized spacial score (nSPS) is 12.3. The van der Waals surface area contributed by atoms with Crippen molar-refractivity contribution in [1.29, 1.82) is 0 Å². The van der Waals surface area contributed by atoms with Gasteiger partial charge in [-0.25, -0.2) is 4.98 Å². The first kappa shape index (κ1) is 37.1. The number of para-hydroxylation sites is 4. The maximum absolute atomic E-state index is 6.46. The standard InChI is InChI=1S/C53H41B5N2O/c54-52(55,53(56,57)58)51-59-43-20-8-10-22-45(43)60(51)44-21-9-6-15-36(44)33-25-27-34(28-26-33)48-37-16-4-5-17-38(37)49(42-31-35(29-30-39(42)48)32-13-2-1-3-14-32)41-19-12-24-47-50(41)40-18-7-11-23-46(40)61-47/h1-31H,54-58H2. The van der Waals surface area contributed by atoms with E-state index in [2.05, 4.69) is 226 Å². The fourth-order valence-electron chi connectivity index (χ4n) is 9.33. The lowest BCUT2D eigenvalue weighted by Gasteiger charge is -2.39. The number of benzene rings is 9. The van der Waals surface area contributed by atoms with Crippen LogP contribution in [0.3, 0.4) is 0 Å². The number of aromatic nitrogens is 2. The van der Waals surface area contributed by atoms with Gasteiger partial charge in [0.05, 0.1) is 40.3 Å². The monoisotopic (exact) mass is 776 g/mol. The SMILES string of the molecule is BC(B)(B)C(B)(B)c1nc2ccccc2n1-c1ccccc1-c1ccc(-c2c3ccccc3c(-c3cccc4oc5ccccc5c34)c3cc(-c4ccccc4)ccc23)cc1. The molecule has 0 N–H and O–H groups in total. The lowest BCUT2D eigenvalue weighted by molar-refractivity contribution is 0.669. The summed E-state index contributed by atoms with van der Waals surface area (Å²) in [5.41, 5.74) is 14.6. The van der Waals surface area contributed by atoms with Gasteiger partial charge in [-0.3, -0.25) is 4.57 Å². The molecule has 0 fully saturated rings. The summed E-state index contributed by atoms with van der Waals surface area (Å²) in [5, 5.41) is 6.89. The van der Waals surface area contributed by atoms with E-state index < -0.39 is 0 Å². The van der Waals surface area contributed by atoms with Crippen LogP contribution in [0.5, 0.6) is 0 Å². The van der Waals surface area contributed by atoms with Gasteiger partial charge in [0.15, 0.2) is 0 Å². The molecule has 11 rings (SSSR count). The largest absolute Gasteiger partial charge is 0.456 e. The van der Waals surface area contributed by atoms with E-state index in [1.54, 1.807) is 0 Å². The maximum Gasteiger partial charge on any atom is 0.136 e. The van der Waals surface area contributed by atoms with E-state index in [1.165, 1.54) is 60.5 Å². The molecule has 11 aromatic rings. The van der Waals surface area contributed by atoms with Crippen LogP contribution < -0.4 is 0 Å². The Bertz CT molecular complexity index is 3490. The number of hydrogen-bond acceptors (Lipinski definition) is 2. The minimum absolute atomic E-state index is 0.0233. The van der Waals surface area contributed by atoms with Crippen LogP contribution in [-0.2, 0) is 5.21 Å². The minimum atomic E-state index is -0.214. The summed E-state index contributed by atoms with van der Waals surface area (Å²) < 4.78 is 8.86. The Kier molecular flexibility index (Phi) is 8.58. The van der Waals surface area contributed by atoms with Crippen molar-refractivity contribution in [2.24, 2.45) is 0 Å². The highest BCUT2D eigenvalue weighted by Crippen LogP contribution is 2.48. The fraction of sp³-hybridized carbons (Fsp3) is 0.0377. The second-order valence-corrected chi connectivity index (χ2v) is 17.9. The van der Waals surface area contributed by atoms with Crippen LogP contribution in [0.2, 0.25) is 5.11 Å². The van der Waals surface area contributed by atoms with Crippen LogP contribution in [0.4, 0.5) is 0 Å². The predicted molar refractivity (Wildman–Crippen MR) is 272 cm³/mol. The van der Waals surface area contributed by atoms with Crippen molar-refractivity contribution in [3.63, 3.8) is 0 Å². The van der Waals surface area contributed by atoms with E-state index in [9.17, 15) is 0 Å².